The van der Waals surface area contributed by atoms with E-state index in [4.69, 9.17) is 9.52 Å². The Morgan fingerprint density at radius 3 is 2.27 bits per heavy atom. The Balaban J connectivity index is 3.11. The standard InChI is InChI=1S/C13H20N2O6S/c1-7(2)11(13(17)18)14-12(16)9-6-10(21-8(9)3)22(19,20)15(4)5/h6-7,11H,1-5H3,(H,14,16)(H,17,18). The number of aliphatic carboxylic acids is 1. The molecule has 1 unspecified atom stereocenters. The fourth-order valence-electron chi connectivity index (χ4n) is 1.72. The molecule has 8 nitrogen and oxygen atoms in total. The number of aryl methyl sites for hydroxylation is 1. The van der Waals surface area contributed by atoms with Crippen LogP contribution in [0.4, 0.5) is 0 Å². The van der Waals surface area contributed by atoms with Gasteiger partial charge in [0, 0.05) is 20.2 Å². The third kappa shape index (κ3) is 3.66. The topological polar surface area (TPSA) is 117 Å². The molecule has 22 heavy (non-hydrogen) atoms. The molecule has 1 amide bonds. The van der Waals surface area contributed by atoms with Gasteiger partial charge in [0.1, 0.15) is 11.8 Å². The Kier molecular flexibility index (Phi) is 5.36. The third-order valence-corrected chi connectivity index (χ3v) is 4.77. The molecular weight excluding hydrogens is 312 g/mol. The summed E-state index contributed by atoms with van der Waals surface area (Å²) < 4.78 is 30.0. The largest absolute Gasteiger partial charge is 0.480 e. The van der Waals surface area contributed by atoms with Crippen LogP contribution < -0.4 is 5.32 Å². The molecule has 0 saturated carbocycles. The molecule has 0 aliphatic carbocycles. The predicted octanol–water partition coefficient (Wildman–Crippen LogP) is 0.677. The molecule has 1 heterocycles. The first-order chi connectivity index (χ1) is 9.98. The van der Waals surface area contributed by atoms with Gasteiger partial charge in [-0.25, -0.2) is 17.5 Å². The molecule has 0 spiro atoms. The molecule has 0 aromatic carbocycles. The van der Waals surface area contributed by atoms with Crippen molar-refractivity contribution in [2.45, 2.75) is 31.9 Å². The molecule has 1 aromatic heterocycles. The number of hydrogen-bond acceptors (Lipinski definition) is 5. The van der Waals surface area contributed by atoms with Crippen LogP contribution in [0.1, 0.15) is 30.0 Å². The molecular formula is C13H20N2O6S. The van der Waals surface area contributed by atoms with Gasteiger partial charge >= 0.3 is 5.97 Å². The number of carboxylic acids is 1. The first-order valence-corrected chi connectivity index (χ1v) is 7.99. The van der Waals surface area contributed by atoms with Crippen LogP contribution in [0.5, 0.6) is 0 Å². The predicted molar refractivity (Wildman–Crippen MR) is 78.0 cm³/mol. The molecule has 0 fully saturated rings. The van der Waals surface area contributed by atoms with E-state index in [1.165, 1.54) is 21.0 Å². The minimum Gasteiger partial charge on any atom is -0.480 e. The second-order valence-corrected chi connectivity index (χ2v) is 7.44. The highest BCUT2D eigenvalue weighted by Gasteiger charge is 2.29. The molecule has 124 valence electrons. The summed E-state index contributed by atoms with van der Waals surface area (Å²) in [6.07, 6.45) is 0. The fourth-order valence-corrected chi connectivity index (χ4v) is 2.58. The lowest BCUT2D eigenvalue weighted by molar-refractivity contribution is -0.140. The van der Waals surface area contributed by atoms with Crippen molar-refractivity contribution in [1.29, 1.82) is 0 Å². The monoisotopic (exact) mass is 332 g/mol. The van der Waals surface area contributed by atoms with Crippen LogP contribution >= 0.6 is 0 Å². The second-order valence-electron chi connectivity index (χ2n) is 5.36. The van der Waals surface area contributed by atoms with Crippen LogP contribution in [0.2, 0.25) is 0 Å². The van der Waals surface area contributed by atoms with Crippen LogP contribution in [0.3, 0.4) is 0 Å². The molecule has 0 aliphatic rings. The van der Waals surface area contributed by atoms with Gasteiger partial charge in [0.25, 0.3) is 15.9 Å². The van der Waals surface area contributed by atoms with Crippen LogP contribution in [0.15, 0.2) is 15.6 Å². The lowest BCUT2D eigenvalue weighted by Gasteiger charge is -2.17. The molecule has 1 rings (SSSR count). The number of hydrogen-bond donors (Lipinski definition) is 2. The number of amides is 1. The van der Waals surface area contributed by atoms with Gasteiger partial charge < -0.3 is 14.8 Å². The summed E-state index contributed by atoms with van der Waals surface area (Å²) in [7, 11) is -1.12. The van der Waals surface area contributed by atoms with Crippen molar-refractivity contribution in [2.75, 3.05) is 14.1 Å². The summed E-state index contributed by atoms with van der Waals surface area (Å²) in [5.74, 6) is -2.07. The van der Waals surface area contributed by atoms with Gasteiger partial charge in [0.15, 0.2) is 0 Å². The highest BCUT2D eigenvalue weighted by atomic mass is 32.2. The van der Waals surface area contributed by atoms with E-state index in [1.54, 1.807) is 13.8 Å². The summed E-state index contributed by atoms with van der Waals surface area (Å²) in [4.78, 5) is 23.3. The normalized spacial score (nSPS) is 13.4. The summed E-state index contributed by atoms with van der Waals surface area (Å²) in [6.45, 7) is 4.75. The molecule has 1 atom stereocenters. The number of sulfonamides is 1. The lowest BCUT2D eigenvalue weighted by atomic mass is 10.0. The van der Waals surface area contributed by atoms with Crippen molar-refractivity contribution >= 4 is 21.9 Å². The Labute approximate surface area is 129 Å². The SMILES string of the molecule is Cc1oc(S(=O)(=O)N(C)C)cc1C(=O)NC(C(=O)O)C(C)C. The van der Waals surface area contributed by atoms with Gasteiger partial charge in [0.05, 0.1) is 5.56 Å². The van der Waals surface area contributed by atoms with Crippen molar-refractivity contribution in [1.82, 2.24) is 9.62 Å². The Morgan fingerprint density at radius 1 is 1.32 bits per heavy atom. The van der Waals surface area contributed by atoms with Gasteiger partial charge in [-0.15, -0.1) is 0 Å². The van der Waals surface area contributed by atoms with Crippen LogP contribution in [-0.2, 0) is 14.8 Å². The first kappa shape index (κ1) is 18.2. The van der Waals surface area contributed by atoms with E-state index < -0.39 is 27.9 Å². The van der Waals surface area contributed by atoms with Crippen LogP contribution in [0, 0.1) is 12.8 Å². The van der Waals surface area contributed by atoms with Gasteiger partial charge in [-0.1, -0.05) is 13.8 Å². The van der Waals surface area contributed by atoms with Crippen molar-refractivity contribution < 1.29 is 27.5 Å². The number of carboxylic acid groups (broad SMARTS) is 1. The molecule has 2 N–H and O–H groups in total. The summed E-state index contributed by atoms with van der Waals surface area (Å²) in [5.41, 5.74) is -0.00711. The number of rotatable bonds is 6. The van der Waals surface area contributed by atoms with Crippen molar-refractivity contribution in [3.8, 4) is 0 Å². The minimum absolute atomic E-state index is 0.00711. The maximum absolute atomic E-state index is 12.2. The zero-order chi connectivity index (χ0) is 17.2. The molecule has 0 aliphatic heterocycles. The van der Waals surface area contributed by atoms with E-state index in [0.717, 1.165) is 10.4 Å². The van der Waals surface area contributed by atoms with E-state index in [9.17, 15) is 18.0 Å². The highest BCUT2D eigenvalue weighted by molar-refractivity contribution is 7.88. The van der Waals surface area contributed by atoms with Crippen molar-refractivity contribution in [3.63, 3.8) is 0 Å². The molecule has 0 radical (unpaired) electrons. The average molecular weight is 332 g/mol. The molecule has 9 heteroatoms. The van der Waals surface area contributed by atoms with Gasteiger partial charge in [-0.2, -0.15) is 0 Å². The summed E-state index contributed by atoms with van der Waals surface area (Å²) in [5, 5.41) is 11.1. The average Bonchev–Trinajstić information content (AvgIpc) is 2.77. The van der Waals surface area contributed by atoms with E-state index in [2.05, 4.69) is 5.32 Å². The van der Waals surface area contributed by atoms with Gasteiger partial charge in [-0.05, 0) is 12.8 Å². The quantitative estimate of drug-likeness (QED) is 0.791. The first-order valence-electron chi connectivity index (χ1n) is 6.55. The number of furan rings is 1. The van der Waals surface area contributed by atoms with Gasteiger partial charge in [-0.3, -0.25) is 4.79 Å². The Bertz CT molecular complexity index is 675. The number of carbonyl (C=O) groups is 2. The maximum atomic E-state index is 12.2. The molecule has 0 bridgehead atoms. The van der Waals surface area contributed by atoms with Crippen LogP contribution in [-0.4, -0.2) is 49.8 Å². The number of nitrogens with one attached hydrogen (secondary N) is 1. The third-order valence-electron chi connectivity index (χ3n) is 3.09. The number of carbonyl (C=O) groups excluding carboxylic acids is 1. The molecule has 1 aromatic rings. The van der Waals surface area contributed by atoms with Crippen molar-refractivity contribution in [3.05, 3.63) is 17.4 Å². The lowest BCUT2D eigenvalue weighted by Crippen LogP contribution is -2.44. The van der Waals surface area contributed by atoms with E-state index >= 15 is 0 Å². The van der Waals surface area contributed by atoms with Gasteiger partial charge in [0.2, 0.25) is 5.09 Å². The summed E-state index contributed by atoms with van der Waals surface area (Å²) in [6, 6.07) is 0.0230. The Morgan fingerprint density at radius 2 is 1.86 bits per heavy atom. The molecule has 0 saturated heterocycles. The smallest absolute Gasteiger partial charge is 0.326 e. The second kappa shape index (κ2) is 6.49. The van der Waals surface area contributed by atoms with Crippen LogP contribution in [0.25, 0.3) is 0 Å². The zero-order valence-corrected chi connectivity index (χ0v) is 13.9. The summed E-state index contributed by atoms with van der Waals surface area (Å²) >= 11 is 0. The maximum Gasteiger partial charge on any atom is 0.326 e. The van der Waals surface area contributed by atoms with E-state index in [-0.39, 0.29) is 22.3 Å². The zero-order valence-electron chi connectivity index (χ0n) is 13.1. The fraction of sp³-hybridized carbons (Fsp3) is 0.538. The number of nitrogens with zero attached hydrogens (tertiary/aromatic N) is 1. The highest BCUT2D eigenvalue weighted by Crippen LogP contribution is 2.21. The van der Waals surface area contributed by atoms with Crippen molar-refractivity contribution in [2.24, 2.45) is 5.92 Å². The van der Waals surface area contributed by atoms with E-state index in [0.29, 0.717) is 0 Å². The minimum atomic E-state index is -3.80. The Hall–Kier alpha value is -1.87. The van der Waals surface area contributed by atoms with E-state index in [1.807, 2.05) is 0 Å².